The average molecular weight is 409 g/mol. The van der Waals surface area contributed by atoms with Crippen LogP contribution in [0.25, 0.3) is 10.9 Å². The molecule has 3 aromatic rings. The Bertz CT molecular complexity index is 1210. The molecule has 0 saturated carbocycles. The Kier molecular flexibility index (Phi) is 4.41. The fourth-order valence-electron chi connectivity index (χ4n) is 3.12. The molecule has 1 aromatic heterocycles. The Morgan fingerprint density at radius 2 is 1.82 bits per heavy atom. The van der Waals surface area contributed by atoms with E-state index >= 15 is 0 Å². The Labute approximate surface area is 159 Å². The first-order chi connectivity index (χ1) is 13.3. The van der Waals surface area contributed by atoms with Crippen molar-refractivity contribution in [1.82, 2.24) is 4.57 Å². The predicted octanol–water partition coefficient (Wildman–Crippen LogP) is 4.39. The first kappa shape index (κ1) is 18.5. The lowest BCUT2D eigenvalue weighted by Crippen LogP contribution is -2.31. The van der Waals surface area contributed by atoms with E-state index in [2.05, 4.69) is 0 Å². The normalized spacial score (nSPS) is 15.2. The lowest BCUT2D eigenvalue weighted by atomic mass is 10.1. The molecular weight excluding hydrogens is 398 g/mol. The zero-order chi connectivity index (χ0) is 20.2. The van der Waals surface area contributed by atoms with Gasteiger partial charge in [-0.3, -0.25) is 4.79 Å². The van der Waals surface area contributed by atoms with Crippen LogP contribution in [0.15, 0.2) is 40.2 Å². The summed E-state index contributed by atoms with van der Waals surface area (Å²) in [6.45, 7) is 1.57. The summed E-state index contributed by atoms with van der Waals surface area (Å²) >= 11 is 0.976. The van der Waals surface area contributed by atoms with Gasteiger partial charge in [0.15, 0.2) is 11.6 Å². The fraction of sp³-hybridized carbons (Fsp3) is 0.158. The SMILES string of the molecule is CCOC(=O)c1c2n(c3cc(F)c(F)cc3c1=O)C(c1ccc(F)cc1F)S2. The van der Waals surface area contributed by atoms with Crippen LogP contribution >= 0.6 is 11.8 Å². The summed E-state index contributed by atoms with van der Waals surface area (Å²) in [5, 5.41) is -0.883. The Balaban J connectivity index is 2.02. The summed E-state index contributed by atoms with van der Waals surface area (Å²) in [6, 6.07) is 4.50. The minimum absolute atomic E-state index is 0.000534. The molecule has 2 heterocycles. The van der Waals surface area contributed by atoms with Crippen molar-refractivity contribution >= 4 is 28.6 Å². The highest BCUT2D eigenvalue weighted by molar-refractivity contribution is 8.00. The standard InChI is InChI=1S/C19H11F4NO3S/c1-2-27-19(26)15-16(25)10-6-12(22)13(23)7-14(10)24-17(28-18(15)24)9-4-3-8(20)5-11(9)21/h3-7,17H,2H2,1H3. The molecular formula is C19H11F4NO3S. The number of pyridine rings is 1. The molecule has 0 N–H and O–H groups in total. The highest BCUT2D eigenvalue weighted by Gasteiger charge is 2.38. The fourth-order valence-corrected chi connectivity index (χ4v) is 4.43. The maximum absolute atomic E-state index is 14.3. The van der Waals surface area contributed by atoms with Gasteiger partial charge < -0.3 is 9.30 Å². The van der Waals surface area contributed by atoms with Crippen LogP contribution in [0.5, 0.6) is 0 Å². The van der Waals surface area contributed by atoms with Crippen molar-refractivity contribution in [3.63, 3.8) is 0 Å². The largest absolute Gasteiger partial charge is 0.462 e. The number of benzene rings is 2. The van der Waals surface area contributed by atoms with Crippen molar-refractivity contribution in [2.45, 2.75) is 17.3 Å². The maximum Gasteiger partial charge on any atom is 0.344 e. The molecule has 28 heavy (non-hydrogen) atoms. The van der Waals surface area contributed by atoms with Gasteiger partial charge in [-0.05, 0) is 19.1 Å². The molecule has 4 rings (SSSR count). The molecule has 1 atom stereocenters. The number of carbonyl (C=O) groups is 1. The van der Waals surface area contributed by atoms with E-state index in [0.717, 1.165) is 23.9 Å². The maximum atomic E-state index is 14.3. The minimum Gasteiger partial charge on any atom is -0.462 e. The Hall–Kier alpha value is -2.81. The van der Waals surface area contributed by atoms with Gasteiger partial charge in [-0.15, -0.1) is 0 Å². The van der Waals surface area contributed by atoms with Gasteiger partial charge >= 0.3 is 5.97 Å². The van der Waals surface area contributed by atoms with Crippen LogP contribution in [0, 0.1) is 23.3 Å². The molecule has 4 nitrogen and oxygen atoms in total. The van der Waals surface area contributed by atoms with Gasteiger partial charge in [-0.1, -0.05) is 17.8 Å². The summed E-state index contributed by atoms with van der Waals surface area (Å²) in [6.07, 6.45) is 0. The summed E-state index contributed by atoms with van der Waals surface area (Å²) in [5.74, 6) is -4.96. The van der Waals surface area contributed by atoms with Crippen molar-refractivity contribution in [1.29, 1.82) is 0 Å². The van der Waals surface area contributed by atoms with Crippen LogP contribution in [0.4, 0.5) is 17.6 Å². The lowest BCUT2D eigenvalue weighted by molar-refractivity contribution is 0.0518. The van der Waals surface area contributed by atoms with Crippen LogP contribution in [0.1, 0.15) is 28.2 Å². The first-order valence-electron chi connectivity index (χ1n) is 8.19. The van der Waals surface area contributed by atoms with E-state index in [1.54, 1.807) is 6.92 Å². The zero-order valence-electron chi connectivity index (χ0n) is 14.3. The first-order valence-corrected chi connectivity index (χ1v) is 9.07. The third kappa shape index (κ3) is 2.69. The number of nitrogens with zero attached hydrogens (tertiary/aromatic N) is 1. The Morgan fingerprint density at radius 3 is 2.50 bits per heavy atom. The van der Waals surface area contributed by atoms with E-state index in [1.807, 2.05) is 0 Å². The molecule has 1 unspecified atom stereocenters. The van der Waals surface area contributed by atoms with Gasteiger partial charge in [0.1, 0.15) is 22.6 Å². The molecule has 0 fully saturated rings. The van der Waals surface area contributed by atoms with Gasteiger partial charge in [0.05, 0.1) is 17.1 Å². The second-order valence-corrected chi connectivity index (χ2v) is 7.09. The van der Waals surface area contributed by atoms with Gasteiger partial charge in [0, 0.05) is 23.1 Å². The van der Waals surface area contributed by atoms with Crippen LogP contribution in [0.3, 0.4) is 0 Å². The molecule has 0 saturated heterocycles. The van der Waals surface area contributed by atoms with Crippen LogP contribution in [-0.2, 0) is 4.74 Å². The van der Waals surface area contributed by atoms with E-state index in [1.165, 1.54) is 10.6 Å². The smallest absolute Gasteiger partial charge is 0.344 e. The molecule has 2 aromatic carbocycles. The van der Waals surface area contributed by atoms with Gasteiger partial charge in [-0.25, -0.2) is 22.4 Å². The molecule has 0 aliphatic carbocycles. The highest BCUT2D eigenvalue weighted by atomic mass is 32.2. The third-order valence-electron chi connectivity index (χ3n) is 4.37. The van der Waals surface area contributed by atoms with Gasteiger partial charge in [-0.2, -0.15) is 0 Å². The number of fused-ring (bicyclic) bond motifs is 3. The second-order valence-electron chi connectivity index (χ2n) is 6.02. The number of rotatable bonds is 3. The molecule has 0 amide bonds. The van der Waals surface area contributed by atoms with Crippen molar-refractivity contribution in [2.24, 2.45) is 0 Å². The summed E-state index contributed by atoms with van der Waals surface area (Å²) in [7, 11) is 0. The van der Waals surface area contributed by atoms with Crippen LogP contribution in [0.2, 0.25) is 0 Å². The number of ether oxygens (including phenoxy) is 1. The van der Waals surface area contributed by atoms with E-state index in [9.17, 15) is 27.2 Å². The summed E-state index contributed by atoms with van der Waals surface area (Å²) in [4.78, 5) is 25.0. The van der Waals surface area contributed by atoms with Crippen molar-refractivity contribution in [3.8, 4) is 0 Å². The van der Waals surface area contributed by atoms with E-state index in [-0.39, 0.29) is 33.7 Å². The molecule has 0 radical (unpaired) electrons. The number of hydrogen-bond donors (Lipinski definition) is 0. The van der Waals surface area contributed by atoms with Crippen molar-refractivity contribution in [2.75, 3.05) is 6.61 Å². The predicted molar refractivity (Wildman–Crippen MR) is 94.4 cm³/mol. The van der Waals surface area contributed by atoms with E-state index < -0.39 is 40.0 Å². The number of aromatic nitrogens is 1. The molecule has 1 aliphatic rings. The second kappa shape index (κ2) is 6.66. The number of halogens is 4. The lowest BCUT2D eigenvalue weighted by Gasteiger charge is -2.35. The number of esters is 1. The van der Waals surface area contributed by atoms with Crippen molar-refractivity contribution in [3.05, 3.63) is 75.0 Å². The molecule has 0 bridgehead atoms. The topological polar surface area (TPSA) is 48.3 Å². The molecule has 144 valence electrons. The number of carbonyl (C=O) groups excluding carboxylic acids is 1. The van der Waals surface area contributed by atoms with E-state index in [4.69, 9.17) is 4.74 Å². The Morgan fingerprint density at radius 1 is 1.11 bits per heavy atom. The zero-order valence-corrected chi connectivity index (χ0v) is 15.1. The highest BCUT2D eigenvalue weighted by Crippen LogP contribution is 2.50. The van der Waals surface area contributed by atoms with Crippen LogP contribution in [-0.4, -0.2) is 17.1 Å². The summed E-state index contributed by atoms with van der Waals surface area (Å²) in [5.41, 5.74) is -1.06. The summed E-state index contributed by atoms with van der Waals surface area (Å²) < 4.78 is 61.3. The molecule has 9 heteroatoms. The van der Waals surface area contributed by atoms with Gasteiger partial charge in [0.25, 0.3) is 0 Å². The third-order valence-corrected chi connectivity index (χ3v) is 5.68. The monoisotopic (exact) mass is 409 g/mol. The van der Waals surface area contributed by atoms with Gasteiger partial charge in [0.2, 0.25) is 5.43 Å². The van der Waals surface area contributed by atoms with E-state index in [0.29, 0.717) is 12.1 Å². The van der Waals surface area contributed by atoms with Crippen LogP contribution < -0.4 is 5.43 Å². The number of hydrogen-bond acceptors (Lipinski definition) is 4. The average Bonchev–Trinajstić information content (AvgIpc) is 2.61. The minimum atomic E-state index is -1.25. The number of thioether (sulfide) groups is 1. The quantitative estimate of drug-likeness (QED) is 0.476. The molecule has 0 spiro atoms. The van der Waals surface area contributed by atoms with Crippen molar-refractivity contribution < 1.29 is 27.1 Å². The molecule has 1 aliphatic heterocycles.